The predicted octanol–water partition coefficient (Wildman–Crippen LogP) is 3.20. The molecule has 7 nitrogen and oxygen atoms in total. The molecule has 0 spiro atoms. The number of rotatable bonds is 4. The fourth-order valence-corrected chi connectivity index (χ4v) is 2.51. The van der Waals surface area contributed by atoms with Gasteiger partial charge in [-0.05, 0) is 26.0 Å². The van der Waals surface area contributed by atoms with E-state index in [1.54, 1.807) is 0 Å². The molecule has 1 N–H and O–H groups in total. The first-order chi connectivity index (χ1) is 9.92. The second kappa shape index (κ2) is 5.88. The highest BCUT2D eigenvalue weighted by Crippen LogP contribution is 2.31. The third-order valence-electron chi connectivity index (χ3n) is 2.88. The van der Waals surface area contributed by atoms with E-state index in [0.29, 0.717) is 5.13 Å². The summed E-state index contributed by atoms with van der Waals surface area (Å²) in [6, 6.07) is 4.01. The van der Waals surface area contributed by atoms with Gasteiger partial charge in [-0.2, -0.15) is 0 Å². The Morgan fingerprint density at radius 3 is 2.67 bits per heavy atom. The van der Waals surface area contributed by atoms with Crippen molar-refractivity contribution in [1.29, 1.82) is 0 Å². The van der Waals surface area contributed by atoms with E-state index in [9.17, 15) is 14.9 Å². The monoisotopic (exact) mass is 307 g/mol. The summed E-state index contributed by atoms with van der Waals surface area (Å²) in [6.45, 7) is 3.77. The third-order valence-corrected chi connectivity index (χ3v) is 3.87. The normalized spacial score (nSPS) is 10.2. The van der Waals surface area contributed by atoms with Gasteiger partial charge in [-0.25, -0.2) is 9.78 Å². The van der Waals surface area contributed by atoms with Crippen LogP contribution in [0.4, 0.5) is 16.5 Å². The fourth-order valence-electron chi connectivity index (χ4n) is 1.68. The molecule has 0 saturated heterocycles. The molecule has 0 bridgehead atoms. The number of hydrogen-bond acceptors (Lipinski definition) is 7. The predicted molar refractivity (Wildman–Crippen MR) is 79.3 cm³/mol. The Kier molecular flexibility index (Phi) is 4.18. The topological polar surface area (TPSA) is 94.4 Å². The lowest BCUT2D eigenvalue weighted by Gasteiger charge is -2.06. The maximum absolute atomic E-state index is 11.5. The molecule has 0 radical (unpaired) electrons. The summed E-state index contributed by atoms with van der Waals surface area (Å²) in [5.41, 5.74) is 1.16. The molecule has 2 aromatic rings. The maximum atomic E-state index is 11.5. The number of thiazole rings is 1. The molecule has 21 heavy (non-hydrogen) atoms. The molecule has 110 valence electrons. The number of aryl methyl sites for hydroxylation is 2. The van der Waals surface area contributed by atoms with E-state index in [0.717, 1.165) is 10.6 Å². The highest BCUT2D eigenvalue weighted by atomic mass is 32.1. The molecule has 0 atom stereocenters. The molecule has 1 heterocycles. The summed E-state index contributed by atoms with van der Waals surface area (Å²) >= 11 is 1.39. The molecule has 0 amide bonds. The zero-order chi connectivity index (χ0) is 15.6. The second-order valence-corrected chi connectivity index (χ2v) is 5.47. The summed E-state index contributed by atoms with van der Waals surface area (Å²) < 4.78 is 4.62. The minimum Gasteiger partial charge on any atom is -0.465 e. The number of carbonyl (C=O) groups is 1. The van der Waals surface area contributed by atoms with Crippen LogP contribution in [0.2, 0.25) is 0 Å². The van der Waals surface area contributed by atoms with Gasteiger partial charge in [-0.1, -0.05) is 0 Å². The first kappa shape index (κ1) is 14.9. The van der Waals surface area contributed by atoms with Gasteiger partial charge in [0.05, 0.1) is 23.3 Å². The molecule has 0 aliphatic heterocycles. The first-order valence-corrected chi connectivity index (χ1v) is 6.82. The Labute approximate surface area is 124 Å². The molecular weight excluding hydrogens is 294 g/mol. The van der Waals surface area contributed by atoms with Crippen LogP contribution >= 0.6 is 11.3 Å². The van der Waals surface area contributed by atoms with Gasteiger partial charge in [-0.15, -0.1) is 11.3 Å². The van der Waals surface area contributed by atoms with Crippen LogP contribution in [0.1, 0.15) is 20.9 Å². The SMILES string of the molecule is COC(=O)c1ccc([N+](=O)[O-])c(Nc2nc(C)c(C)s2)c1. The van der Waals surface area contributed by atoms with Crippen LogP contribution in [-0.2, 0) is 4.74 Å². The van der Waals surface area contributed by atoms with Crippen molar-refractivity contribution >= 4 is 33.8 Å². The van der Waals surface area contributed by atoms with Crippen LogP contribution in [0.25, 0.3) is 0 Å². The summed E-state index contributed by atoms with van der Waals surface area (Å²) in [4.78, 5) is 27.4. The zero-order valence-electron chi connectivity index (χ0n) is 11.7. The lowest BCUT2D eigenvalue weighted by Crippen LogP contribution is -2.04. The molecule has 1 aromatic carbocycles. The number of anilines is 2. The smallest absolute Gasteiger partial charge is 0.337 e. The summed E-state index contributed by atoms with van der Waals surface area (Å²) in [5.74, 6) is -0.556. The van der Waals surface area contributed by atoms with Gasteiger partial charge in [-0.3, -0.25) is 10.1 Å². The van der Waals surface area contributed by atoms with Crippen LogP contribution in [-0.4, -0.2) is 23.0 Å². The molecular formula is C13H13N3O4S. The summed E-state index contributed by atoms with van der Waals surface area (Å²) in [6.07, 6.45) is 0. The van der Waals surface area contributed by atoms with Gasteiger partial charge in [0.2, 0.25) is 0 Å². The van der Waals surface area contributed by atoms with E-state index in [-0.39, 0.29) is 16.9 Å². The average Bonchev–Trinajstić information content (AvgIpc) is 2.76. The molecule has 0 aliphatic rings. The van der Waals surface area contributed by atoms with E-state index < -0.39 is 10.9 Å². The molecule has 2 rings (SSSR count). The molecule has 0 unspecified atom stereocenters. The van der Waals surface area contributed by atoms with E-state index in [2.05, 4.69) is 15.0 Å². The number of methoxy groups -OCH3 is 1. The molecule has 0 aliphatic carbocycles. The largest absolute Gasteiger partial charge is 0.465 e. The van der Waals surface area contributed by atoms with Crippen LogP contribution in [0, 0.1) is 24.0 Å². The first-order valence-electron chi connectivity index (χ1n) is 6.00. The van der Waals surface area contributed by atoms with Gasteiger partial charge >= 0.3 is 5.97 Å². The van der Waals surface area contributed by atoms with Crippen molar-refractivity contribution in [1.82, 2.24) is 4.98 Å². The minimum atomic E-state index is -0.556. The number of aromatic nitrogens is 1. The summed E-state index contributed by atoms with van der Waals surface area (Å²) in [7, 11) is 1.25. The number of nitro benzene ring substituents is 1. The average molecular weight is 307 g/mol. The number of nitrogens with one attached hydrogen (secondary N) is 1. The summed E-state index contributed by atoms with van der Waals surface area (Å²) in [5, 5.41) is 14.5. The molecule has 8 heteroatoms. The van der Waals surface area contributed by atoms with Crippen molar-refractivity contribution in [3.05, 3.63) is 44.4 Å². The van der Waals surface area contributed by atoms with Gasteiger partial charge in [0.1, 0.15) is 5.69 Å². The van der Waals surface area contributed by atoms with Crippen molar-refractivity contribution < 1.29 is 14.5 Å². The van der Waals surface area contributed by atoms with E-state index >= 15 is 0 Å². The van der Waals surface area contributed by atoms with Gasteiger partial charge in [0, 0.05) is 10.9 Å². The maximum Gasteiger partial charge on any atom is 0.337 e. The van der Waals surface area contributed by atoms with E-state index in [4.69, 9.17) is 0 Å². The fraction of sp³-hybridized carbons (Fsp3) is 0.231. The third kappa shape index (κ3) is 3.16. The highest BCUT2D eigenvalue weighted by Gasteiger charge is 2.18. The van der Waals surface area contributed by atoms with E-state index in [1.165, 1.54) is 36.6 Å². The zero-order valence-corrected chi connectivity index (χ0v) is 12.5. The Balaban J connectivity index is 2.43. The van der Waals surface area contributed by atoms with Gasteiger partial charge < -0.3 is 10.1 Å². The van der Waals surface area contributed by atoms with Crippen LogP contribution in [0.3, 0.4) is 0 Å². The van der Waals surface area contributed by atoms with Crippen LogP contribution in [0.15, 0.2) is 18.2 Å². The van der Waals surface area contributed by atoms with Crippen molar-refractivity contribution in [2.75, 3.05) is 12.4 Å². The quantitative estimate of drug-likeness (QED) is 0.529. The number of nitro groups is 1. The number of ether oxygens (including phenoxy) is 1. The standard InChI is InChI=1S/C13H13N3O4S/c1-7-8(2)21-13(14-7)15-10-6-9(12(17)20-3)4-5-11(10)16(18)19/h4-6H,1-3H3,(H,14,15). The Morgan fingerprint density at radius 2 is 2.14 bits per heavy atom. The van der Waals surface area contributed by atoms with E-state index in [1.807, 2.05) is 13.8 Å². The Hall–Kier alpha value is -2.48. The number of benzene rings is 1. The molecule has 0 saturated carbocycles. The van der Waals surface area contributed by atoms with Crippen molar-refractivity contribution in [2.24, 2.45) is 0 Å². The van der Waals surface area contributed by atoms with Crippen molar-refractivity contribution in [2.45, 2.75) is 13.8 Å². The van der Waals surface area contributed by atoms with Crippen LogP contribution < -0.4 is 5.32 Å². The Morgan fingerprint density at radius 1 is 1.43 bits per heavy atom. The van der Waals surface area contributed by atoms with Gasteiger partial charge in [0.25, 0.3) is 5.69 Å². The minimum absolute atomic E-state index is 0.131. The molecule has 0 fully saturated rings. The van der Waals surface area contributed by atoms with Crippen LogP contribution in [0.5, 0.6) is 0 Å². The number of nitrogens with zero attached hydrogens (tertiary/aromatic N) is 2. The van der Waals surface area contributed by atoms with Crippen molar-refractivity contribution in [3.63, 3.8) is 0 Å². The lowest BCUT2D eigenvalue weighted by molar-refractivity contribution is -0.383. The highest BCUT2D eigenvalue weighted by molar-refractivity contribution is 7.15. The Bertz CT molecular complexity index is 692. The number of esters is 1. The van der Waals surface area contributed by atoms with Crippen molar-refractivity contribution in [3.8, 4) is 0 Å². The number of hydrogen-bond donors (Lipinski definition) is 1. The molecule has 1 aromatic heterocycles. The number of carbonyl (C=O) groups excluding carboxylic acids is 1. The van der Waals surface area contributed by atoms with Gasteiger partial charge in [0.15, 0.2) is 5.13 Å². The second-order valence-electron chi connectivity index (χ2n) is 4.27. The lowest BCUT2D eigenvalue weighted by atomic mass is 10.1.